The van der Waals surface area contributed by atoms with Gasteiger partial charge in [0, 0.05) is 17.8 Å². The van der Waals surface area contributed by atoms with Crippen molar-refractivity contribution < 1.29 is 0 Å². The van der Waals surface area contributed by atoms with Crippen molar-refractivity contribution in [1.29, 1.82) is 0 Å². The zero-order valence-corrected chi connectivity index (χ0v) is 12.4. The third-order valence-corrected chi connectivity index (χ3v) is 3.65. The molecule has 0 unspecified atom stereocenters. The summed E-state index contributed by atoms with van der Waals surface area (Å²) in [6.45, 7) is 4.77. The van der Waals surface area contributed by atoms with Gasteiger partial charge in [0.2, 0.25) is 0 Å². The van der Waals surface area contributed by atoms with E-state index < -0.39 is 0 Å². The third-order valence-electron chi connectivity index (χ3n) is 3.65. The van der Waals surface area contributed by atoms with Crippen LogP contribution in [-0.4, -0.2) is 14.5 Å². The molecule has 0 amide bonds. The van der Waals surface area contributed by atoms with Gasteiger partial charge in [-0.25, -0.2) is 4.98 Å². The molecule has 108 valence electrons. The van der Waals surface area contributed by atoms with E-state index in [1.807, 2.05) is 43.3 Å². The quantitative estimate of drug-likeness (QED) is 0.795. The van der Waals surface area contributed by atoms with Crippen molar-refractivity contribution in [2.24, 2.45) is 0 Å². The molecule has 0 fully saturated rings. The fourth-order valence-electron chi connectivity index (χ4n) is 2.57. The molecule has 0 atom stereocenters. The molecule has 0 radical (unpaired) electrons. The summed E-state index contributed by atoms with van der Waals surface area (Å²) in [5, 5.41) is 0.670. The maximum Gasteiger partial charge on any atom is 0.263 e. The molecule has 2 aromatic heterocycles. The number of benzene rings is 1. The number of nitrogens with zero attached hydrogens (tertiary/aromatic N) is 2. The number of hydrogen-bond donors (Lipinski definition) is 1. The van der Waals surface area contributed by atoms with E-state index >= 15 is 0 Å². The lowest BCUT2D eigenvalue weighted by molar-refractivity contribution is 0.615. The predicted octanol–water partition coefficient (Wildman–Crippen LogP) is 3.50. The highest BCUT2D eigenvalue weighted by atomic mass is 16.1. The first-order chi connectivity index (χ1) is 10.2. The second-order valence-corrected chi connectivity index (χ2v) is 5.33. The Balaban J connectivity index is 2.27. The average molecular weight is 281 g/mol. The van der Waals surface area contributed by atoms with Gasteiger partial charge in [0.15, 0.2) is 0 Å². The molecule has 3 aromatic rings. The van der Waals surface area contributed by atoms with Crippen LogP contribution in [0.2, 0.25) is 0 Å². The summed E-state index contributed by atoms with van der Waals surface area (Å²) < 4.78 is 1.80. The first-order valence-electron chi connectivity index (χ1n) is 7.36. The third kappa shape index (κ3) is 2.49. The van der Waals surface area contributed by atoms with Crippen molar-refractivity contribution >= 4 is 11.0 Å². The number of aryl methyl sites for hydroxylation is 1. The van der Waals surface area contributed by atoms with Gasteiger partial charge < -0.3 is 4.98 Å². The molecule has 0 aliphatic carbocycles. The molecule has 0 saturated carbocycles. The van der Waals surface area contributed by atoms with Crippen LogP contribution >= 0.6 is 0 Å². The molecule has 21 heavy (non-hydrogen) atoms. The Bertz CT molecular complexity index is 815. The largest absolute Gasteiger partial charge is 0.343 e. The van der Waals surface area contributed by atoms with E-state index in [9.17, 15) is 4.79 Å². The van der Waals surface area contributed by atoms with Gasteiger partial charge in [-0.1, -0.05) is 43.7 Å². The summed E-state index contributed by atoms with van der Waals surface area (Å²) in [6.07, 6.45) is 2.02. The minimum atomic E-state index is 0.0386. The first-order valence-corrected chi connectivity index (χ1v) is 7.36. The summed E-state index contributed by atoms with van der Waals surface area (Å²) in [5.74, 6) is 0.739. The minimum Gasteiger partial charge on any atom is -0.343 e. The lowest BCUT2D eigenvalue weighted by Gasteiger charge is -2.12. The molecule has 0 saturated heterocycles. The Morgan fingerprint density at radius 1 is 1.24 bits per heavy atom. The van der Waals surface area contributed by atoms with Crippen LogP contribution in [0.15, 0.2) is 41.2 Å². The van der Waals surface area contributed by atoms with Gasteiger partial charge >= 0.3 is 0 Å². The number of unbranched alkanes of at least 4 members (excludes halogenated alkanes) is 1. The zero-order chi connectivity index (χ0) is 14.8. The second-order valence-electron chi connectivity index (χ2n) is 5.33. The molecular formula is C17H19N3O. The molecule has 2 heterocycles. The molecule has 4 nitrogen and oxygen atoms in total. The number of aromatic amines is 1. The van der Waals surface area contributed by atoms with E-state index in [2.05, 4.69) is 16.9 Å². The Labute approximate surface area is 123 Å². The van der Waals surface area contributed by atoms with E-state index in [0.29, 0.717) is 17.6 Å². The first kappa shape index (κ1) is 13.6. The summed E-state index contributed by atoms with van der Waals surface area (Å²) >= 11 is 0. The van der Waals surface area contributed by atoms with Crippen LogP contribution in [0.1, 0.15) is 25.5 Å². The maximum atomic E-state index is 12.7. The smallest absolute Gasteiger partial charge is 0.263 e. The fraction of sp³-hybridized carbons (Fsp3) is 0.294. The van der Waals surface area contributed by atoms with E-state index in [4.69, 9.17) is 0 Å². The van der Waals surface area contributed by atoms with Gasteiger partial charge in [0.1, 0.15) is 11.5 Å². The standard InChI is InChI=1S/C17H19N3O/c1-3-4-10-20-16(13-8-6-5-7-9-13)19-15-14(17(20)21)11-12(2)18-15/h5-9,11,18H,3-4,10H2,1-2H3. The number of nitrogens with one attached hydrogen (secondary N) is 1. The molecule has 0 aliphatic rings. The number of fused-ring (bicyclic) bond motifs is 1. The average Bonchev–Trinajstić information content (AvgIpc) is 2.88. The molecule has 0 spiro atoms. The van der Waals surface area contributed by atoms with Crippen molar-refractivity contribution in [2.75, 3.05) is 0 Å². The summed E-state index contributed by atoms with van der Waals surface area (Å²) in [7, 11) is 0. The van der Waals surface area contributed by atoms with Crippen LogP contribution in [0.5, 0.6) is 0 Å². The second kappa shape index (κ2) is 5.56. The van der Waals surface area contributed by atoms with E-state index in [-0.39, 0.29) is 5.56 Å². The van der Waals surface area contributed by atoms with E-state index in [1.165, 1.54) is 0 Å². The highest BCUT2D eigenvalue weighted by molar-refractivity contribution is 5.77. The van der Waals surface area contributed by atoms with Crippen molar-refractivity contribution in [3.8, 4) is 11.4 Å². The molecule has 1 aromatic carbocycles. The topological polar surface area (TPSA) is 50.7 Å². The Kier molecular flexibility index (Phi) is 3.60. The van der Waals surface area contributed by atoms with Crippen molar-refractivity contribution in [3.05, 3.63) is 52.4 Å². The van der Waals surface area contributed by atoms with Gasteiger partial charge in [-0.05, 0) is 19.4 Å². The van der Waals surface area contributed by atoms with Gasteiger partial charge in [0.25, 0.3) is 5.56 Å². The Morgan fingerprint density at radius 2 is 2.00 bits per heavy atom. The lowest BCUT2D eigenvalue weighted by atomic mass is 10.2. The number of rotatable bonds is 4. The monoisotopic (exact) mass is 281 g/mol. The normalized spacial score (nSPS) is 11.1. The number of H-pyrrole nitrogens is 1. The summed E-state index contributed by atoms with van der Waals surface area (Å²) in [4.78, 5) is 20.6. The van der Waals surface area contributed by atoms with Gasteiger partial charge in [0.05, 0.1) is 5.39 Å². The molecule has 4 heteroatoms. The number of aromatic nitrogens is 3. The summed E-state index contributed by atoms with van der Waals surface area (Å²) in [6, 6.07) is 11.8. The van der Waals surface area contributed by atoms with Gasteiger partial charge in [-0.15, -0.1) is 0 Å². The van der Waals surface area contributed by atoms with Crippen molar-refractivity contribution in [3.63, 3.8) is 0 Å². The van der Waals surface area contributed by atoms with E-state index in [0.717, 1.165) is 29.9 Å². The van der Waals surface area contributed by atoms with Crippen LogP contribution in [0.3, 0.4) is 0 Å². The molecule has 1 N–H and O–H groups in total. The Hall–Kier alpha value is -2.36. The molecule has 0 bridgehead atoms. The minimum absolute atomic E-state index is 0.0386. The number of hydrogen-bond acceptors (Lipinski definition) is 2. The zero-order valence-electron chi connectivity index (χ0n) is 12.4. The van der Waals surface area contributed by atoms with Crippen LogP contribution in [0.25, 0.3) is 22.4 Å². The molecule has 3 rings (SSSR count). The molecule has 0 aliphatic heterocycles. The fourth-order valence-corrected chi connectivity index (χ4v) is 2.57. The van der Waals surface area contributed by atoms with E-state index in [1.54, 1.807) is 4.57 Å². The maximum absolute atomic E-state index is 12.7. The lowest BCUT2D eigenvalue weighted by Crippen LogP contribution is -2.23. The van der Waals surface area contributed by atoms with Crippen LogP contribution < -0.4 is 5.56 Å². The highest BCUT2D eigenvalue weighted by Crippen LogP contribution is 2.19. The van der Waals surface area contributed by atoms with Gasteiger partial charge in [-0.2, -0.15) is 0 Å². The molecular weight excluding hydrogens is 262 g/mol. The predicted molar refractivity (Wildman–Crippen MR) is 85.4 cm³/mol. The van der Waals surface area contributed by atoms with Crippen LogP contribution in [0.4, 0.5) is 0 Å². The SMILES string of the molecule is CCCCn1c(-c2ccccc2)nc2[nH]c(C)cc2c1=O. The van der Waals surface area contributed by atoms with Crippen molar-refractivity contribution in [2.45, 2.75) is 33.2 Å². The van der Waals surface area contributed by atoms with Crippen LogP contribution in [0, 0.1) is 6.92 Å². The van der Waals surface area contributed by atoms with Crippen molar-refractivity contribution in [1.82, 2.24) is 14.5 Å². The summed E-state index contributed by atoms with van der Waals surface area (Å²) in [5.41, 5.74) is 2.64. The van der Waals surface area contributed by atoms with Gasteiger partial charge in [-0.3, -0.25) is 9.36 Å². The Morgan fingerprint density at radius 3 is 2.71 bits per heavy atom. The van der Waals surface area contributed by atoms with Crippen LogP contribution in [-0.2, 0) is 6.54 Å². The highest BCUT2D eigenvalue weighted by Gasteiger charge is 2.13.